The van der Waals surface area contributed by atoms with Gasteiger partial charge in [0.1, 0.15) is 0 Å². The molecule has 20 heavy (non-hydrogen) atoms. The molecule has 0 saturated carbocycles. The van der Waals surface area contributed by atoms with Crippen LogP contribution in [-0.2, 0) is 0 Å². The maximum Gasteiger partial charge on any atom is 0.251 e. The average molecular weight is 272 g/mol. The summed E-state index contributed by atoms with van der Waals surface area (Å²) in [4.78, 5) is 12.1. The molecule has 0 aliphatic heterocycles. The van der Waals surface area contributed by atoms with Crippen LogP contribution in [0.3, 0.4) is 0 Å². The van der Waals surface area contributed by atoms with E-state index in [4.69, 9.17) is 5.26 Å². The van der Waals surface area contributed by atoms with Gasteiger partial charge in [0.25, 0.3) is 5.91 Å². The van der Waals surface area contributed by atoms with Crippen molar-refractivity contribution in [2.75, 3.05) is 0 Å². The number of rotatable bonds is 9. The van der Waals surface area contributed by atoms with Gasteiger partial charge in [0, 0.05) is 18.0 Å². The number of unbranched alkanes of at least 4 members (excludes halogenated alkanes) is 3. The minimum Gasteiger partial charge on any atom is -0.349 e. The molecule has 0 aliphatic rings. The van der Waals surface area contributed by atoms with Crippen LogP contribution in [0.15, 0.2) is 30.3 Å². The fourth-order valence-electron chi connectivity index (χ4n) is 2.19. The van der Waals surface area contributed by atoms with Gasteiger partial charge < -0.3 is 5.32 Å². The number of nitrogens with zero attached hydrogens (tertiary/aromatic N) is 1. The molecule has 3 nitrogen and oxygen atoms in total. The van der Waals surface area contributed by atoms with Crippen LogP contribution in [0.5, 0.6) is 0 Å². The molecule has 0 bridgehead atoms. The molecule has 0 fully saturated rings. The van der Waals surface area contributed by atoms with Gasteiger partial charge >= 0.3 is 0 Å². The van der Waals surface area contributed by atoms with Crippen molar-refractivity contribution in [2.24, 2.45) is 0 Å². The van der Waals surface area contributed by atoms with Crippen LogP contribution in [0.2, 0.25) is 0 Å². The topological polar surface area (TPSA) is 52.9 Å². The van der Waals surface area contributed by atoms with Gasteiger partial charge in [-0.2, -0.15) is 5.26 Å². The van der Waals surface area contributed by atoms with Gasteiger partial charge in [-0.15, -0.1) is 0 Å². The van der Waals surface area contributed by atoms with Crippen LogP contribution < -0.4 is 5.32 Å². The Labute approximate surface area is 122 Å². The predicted octanol–water partition coefficient (Wildman–Crippen LogP) is 4.06. The van der Waals surface area contributed by atoms with Gasteiger partial charge in [0.15, 0.2) is 0 Å². The highest BCUT2D eigenvalue weighted by Gasteiger charge is 2.12. The summed E-state index contributed by atoms with van der Waals surface area (Å²) in [6.45, 7) is 2.16. The molecule has 0 aliphatic carbocycles. The molecular formula is C17H24N2O. The highest BCUT2D eigenvalue weighted by atomic mass is 16.1. The van der Waals surface area contributed by atoms with E-state index in [1.807, 2.05) is 30.3 Å². The van der Waals surface area contributed by atoms with E-state index in [0.717, 1.165) is 38.5 Å². The third kappa shape index (κ3) is 6.38. The molecule has 3 heteroatoms. The highest BCUT2D eigenvalue weighted by molar-refractivity contribution is 5.94. The lowest BCUT2D eigenvalue weighted by molar-refractivity contribution is 0.0931. The summed E-state index contributed by atoms with van der Waals surface area (Å²) < 4.78 is 0. The number of nitrogens with one attached hydrogen (secondary N) is 1. The summed E-state index contributed by atoms with van der Waals surface area (Å²) in [5.74, 6) is 0.00647. The largest absolute Gasteiger partial charge is 0.349 e. The molecular weight excluding hydrogens is 248 g/mol. The zero-order valence-corrected chi connectivity index (χ0v) is 12.3. The first-order valence-corrected chi connectivity index (χ1v) is 7.50. The first kappa shape index (κ1) is 16.2. The van der Waals surface area contributed by atoms with E-state index in [-0.39, 0.29) is 11.9 Å². The number of carbonyl (C=O) groups is 1. The third-order valence-corrected chi connectivity index (χ3v) is 3.37. The SMILES string of the molecule is CCCCC(CCCCC#N)NC(=O)c1ccccc1. The quantitative estimate of drug-likeness (QED) is 0.689. The smallest absolute Gasteiger partial charge is 0.251 e. The maximum atomic E-state index is 12.1. The van der Waals surface area contributed by atoms with Gasteiger partial charge in [-0.05, 0) is 31.4 Å². The molecule has 108 valence electrons. The molecule has 1 amide bonds. The van der Waals surface area contributed by atoms with Gasteiger partial charge in [-0.1, -0.05) is 44.4 Å². The Morgan fingerprint density at radius 2 is 1.90 bits per heavy atom. The zero-order chi connectivity index (χ0) is 14.6. The van der Waals surface area contributed by atoms with Crippen molar-refractivity contribution in [3.63, 3.8) is 0 Å². The summed E-state index contributed by atoms with van der Waals surface area (Å²) in [5.41, 5.74) is 0.714. The molecule has 0 radical (unpaired) electrons. The first-order valence-electron chi connectivity index (χ1n) is 7.50. The maximum absolute atomic E-state index is 12.1. The summed E-state index contributed by atoms with van der Waals surface area (Å²) in [5, 5.41) is 11.7. The normalized spacial score (nSPS) is 11.6. The van der Waals surface area contributed by atoms with Crippen molar-refractivity contribution >= 4 is 5.91 Å². The number of carbonyl (C=O) groups excluding carboxylic acids is 1. The summed E-state index contributed by atoms with van der Waals surface area (Å²) in [6, 6.07) is 11.7. The monoisotopic (exact) mass is 272 g/mol. The summed E-state index contributed by atoms with van der Waals surface area (Å²) in [7, 11) is 0. The number of hydrogen-bond donors (Lipinski definition) is 1. The second-order valence-corrected chi connectivity index (χ2v) is 5.08. The minimum absolute atomic E-state index is 0.00647. The molecule has 0 spiro atoms. The average Bonchev–Trinajstić information content (AvgIpc) is 2.49. The van der Waals surface area contributed by atoms with Crippen molar-refractivity contribution in [3.8, 4) is 6.07 Å². The number of benzene rings is 1. The summed E-state index contributed by atoms with van der Waals surface area (Å²) in [6.07, 6.45) is 6.75. The van der Waals surface area contributed by atoms with E-state index < -0.39 is 0 Å². The van der Waals surface area contributed by atoms with E-state index in [0.29, 0.717) is 12.0 Å². The highest BCUT2D eigenvalue weighted by Crippen LogP contribution is 2.11. The molecule has 1 N–H and O–H groups in total. The molecule has 0 heterocycles. The van der Waals surface area contributed by atoms with E-state index in [1.54, 1.807) is 0 Å². The van der Waals surface area contributed by atoms with Crippen molar-refractivity contribution in [1.82, 2.24) is 5.32 Å². The van der Waals surface area contributed by atoms with Gasteiger partial charge in [0.2, 0.25) is 0 Å². The first-order chi connectivity index (χ1) is 9.77. The van der Waals surface area contributed by atoms with Crippen LogP contribution in [0, 0.1) is 11.3 Å². The molecule has 1 atom stereocenters. The van der Waals surface area contributed by atoms with Crippen molar-refractivity contribution in [3.05, 3.63) is 35.9 Å². The Kier molecular flexibility index (Phi) is 8.14. The molecule has 1 aromatic rings. The Hall–Kier alpha value is -1.82. The molecule has 0 saturated heterocycles. The second kappa shape index (κ2) is 10.0. The Bertz CT molecular complexity index is 422. The molecule has 1 unspecified atom stereocenters. The Balaban J connectivity index is 2.46. The fraction of sp³-hybridized carbons (Fsp3) is 0.529. The van der Waals surface area contributed by atoms with Crippen LogP contribution in [0.4, 0.5) is 0 Å². The summed E-state index contributed by atoms with van der Waals surface area (Å²) >= 11 is 0. The fourth-order valence-corrected chi connectivity index (χ4v) is 2.19. The van der Waals surface area contributed by atoms with Crippen LogP contribution in [-0.4, -0.2) is 11.9 Å². The van der Waals surface area contributed by atoms with Crippen molar-refractivity contribution in [2.45, 2.75) is 57.9 Å². The van der Waals surface area contributed by atoms with Gasteiger partial charge in [-0.3, -0.25) is 4.79 Å². The van der Waals surface area contributed by atoms with Crippen molar-refractivity contribution < 1.29 is 4.79 Å². The van der Waals surface area contributed by atoms with Crippen LogP contribution >= 0.6 is 0 Å². The zero-order valence-electron chi connectivity index (χ0n) is 12.3. The standard InChI is InChI=1S/C17H24N2O/c1-2-3-12-16(13-8-5-9-14-18)19-17(20)15-10-6-4-7-11-15/h4,6-7,10-11,16H,2-3,5,8-9,12-13H2,1H3,(H,19,20). The lowest BCUT2D eigenvalue weighted by Gasteiger charge is -2.18. The van der Waals surface area contributed by atoms with E-state index in [9.17, 15) is 4.79 Å². The van der Waals surface area contributed by atoms with Crippen LogP contribution in [0.25, 0.3) is 0 Å². The molecule has 1 rings (SSSR count). The van der Waals surface area contributed by atoms with Gasteiger partial charge in [0.05, 0.1) is 6.07 Å². The second-order valence-electron chi connectivity index (χ2n) is 5.08. The Morgan fingerprint density at radius 1 is 1.20 bits per heavy atom. The third-order valence-electron chi connectivity index (χ3n) is 3.37. The number of hydrogen-bond acceptors (Lipinski definition) is 2. The van der Waals surface area contributed by atoms with E-state index in [1.165, 1.54) is 0 Å². The van der Waals surface area contributed by atoms with Crippen molar-refractivity contribution in [1.29, 1.82) is 5.26 Å². The molecule has 1 aromatic carbocycles. The number of nitriles is 1. The van der Waals surface area contributed by atoms with Gasteiger partial charge in [-0.25, -0.2) is 0 Å². The van der Waals surface area contributed by atoms with Crippen LogP contribution in [0.1, 0.15) is 62.2 Å². The number of amides is 1. The van der Waals surface area contributed by atoms with E-state index >= 15 is 0 Å². The lowest BCUT2D eigenvalue weighted by atomic mass is 10.0. The predicted molar refractivity (Wildman–Crippen MR) is 81.3 cm³/mol. The lowest BCUT2D eigenvalue weighted by Crippen LogP contribution is -2.34. The Morgan fingerprint density at radius 3 is 2.55 bits per heavy atom. The van der Waals surface area contributed by atoms with E-state index in [2.05, 4.69) is 18.3 Å². The molecule has 0 aromatic heterocycles. The minimum atomic E-state index is 0.00647.